The van der Waals surface area contributed by atoms with E-state index >= 15 is 0 Å². The van der Waals surface area contributed by atoms with Crippen LogP contribution < -0.4 is 5.32 Å². The minimum Gasteiger partial charge on any atom is -0.350 e. The first-order valence-electron chi connectivity index (χ1n) is 7.75. The molecule has 1 aromatic heterocycles. The summed E-state index contributed by atoms with van der Waals surface area (Å²) >= 11 is 0. The van der Waals surface area contributed by atoms with Gasteiger partial charge in [-0.25, -0.2) is 0 Å². The highest BCUT2D eigenvalue weighted by Gasteiger charge is 2.23. The van der Waals surface area contributed by atoms with Crippen molar-refractivity contribution in [1.29, 1.82) is 0 Å². The van der Waals surface area contributed by atoms with Gasteiger partial charge in [-0.1, -0.05) is 30.3 Å². The third kappa shape index (κ3) is 3.54. The molecule has 0 aliphatic carbocycles. The fourth-order valence-corrected chi connectivity index (χ4v) is 2.99. The Balaban J connectivity index is 1.45. The Morgan fingerprint density at radius 2 is 2.14 bits per heavy atom. The lowest BCUT2D eigenvalue weighted by molar-refractivity contribution is 0.0938. The van der Waals surface area contributed by atoms with E-state index in [4.69, 9.17) is 0 Å². The van der Waals surface area contributed by atoms with Gasteiger partial charge in [-0.15, -0.1) is 0 Å². The van der Waals surface area contributed by atoms with Crippen LogP contribution in [0.5, 0.6) is 0 Å². The van der Waals surface area contributed by atoms with Gasteiger partial charge >= 0.3 is 0 Å². The van der Waals surface area contributed by atoms with E-state index in [1.807, 2.05) is 6.07 Å². The van der Waals surface area contributed by atoms with Gasteiger partial charge in [0.1, 0.15) is 5.69 Å². The van der Waals surface area contributed by atoms with Gasteiger partial charge in [0.2, 0.25) is 0 Å². The van der Waals surface area contributed by atoms with E-state index in [0.29, 0.717) is 11.6 Å². The second-order valence-corrected chi connectivity index (χ2v) is 5.93. The SMILES string of the molecule is Cn1nccc1C(=O)NCC1CCN(Cc2ccccc2)C1. The van der Waals surface area contributed by atoms with Crippen molar-refractivity contribution in [2.45, 2.75) is 13.0 Å². The Kier molecular flexibility index (Phi) is 4.53. The van der Waals surface area contributed by atoms with Gasteiger partial charge in [-0.2, -0.15) is 5.10 Å². The largest absolute Gasteiger partial charge is 0.350 e. The first-order valence-corrected chi connectivity index (χ1v) is 7.75. The number of benzene rings is 1. The van der Waals surface area contributed by atoms with Gasteiger partial charge in [-0.05, 0) is 30.5 Å². The average molecular weight is 298 g/mol. The highest BCUT2D eigenvalue weighted by Crippen LogP contribution is 2.18. The maximum Gasteiger partial charge on any atom is 0.269 e. The number of likely N-dealkylation sites (tertiary alicyclic amines) is 1. The Morgan fingerprint density at radius 3 is 2.86 bits per heavy atom. The molecule has 2 heterocycles. The molecule has 5 nitrogen and oxygen atoms in total. The number of hydrogen-bond donors (Lipinski definition) is 1. The van der Waals surface area contributed by atoms with Gasteiger partial charge in [0, 0.05) is 32.9 Å². The van der Waals surface area contributed by atoms with Crippen LogP contribution in [0.25, 0.3) is 0 Å². The van der Waals surface area contributed by atoms with Gasteiger partial charge < -0.3 is 5.32 Å². The van der Waals surface area contributed by atoms with Crippen LogP contribution in [0.1, 0.15) is 22.5 Å². The first-order chi connectivity index (χ1) is 10.7. The molecule has 22 heavy (non-hydrogen) atoms. The van der Waals surface area contributed by atoms with E-state index in [-0.39, 0.29) is 5.91 Å². The van der Waals surface area contributed by atoms with Crippen molar-refractivity contribution in [1.82, 2.24) is 20.0 Å². The van der Waals surface area contributed by atoms with Crippen LogP contribution in [0.3, 0.4) is 0 Å². The summed E-state index contributed by atoms with van der Waals surface area (Å²) in [5, 5.41) is 7.05. The number of carbonyl (C=O) groups is 1. The molecule has 2 aromatic rings. The highest BCUT2D eigenvalue weighted by atomic mass is 16.2. The van der Waals surface area contributed by atoms with E-state index in [9.17, 15) is 4.79 Å². The van der Waals surface area contributed by atoms with Crippen LogP contribution >= 0.6 is 0 Å². The molecular formula is C17H22N4O. The Morgan fingerprint density at radius 1 is 1.32 bits per heavy atom. The molecule has 0 radical (unpaired) electrons. The fourth-order valence-electron chi connectivity index (χ4n) is 2.99. The third-order valence-electron chi connectivity index (χ3n) is 4.22. The monoisotopic (exact) mass is 298 g/mol. The molecule has 0 spiro atoms. The highest BCUT2D eigenvalue weighted by molar-refractivity contribution is 5.92. The molecule has 116 valence electrons. The molecule has 1 amide bonds. The van der Waals surface area contributed by atoms with Crippen LogP contribution in [-0.2, 0) is 13.6 Å². The molecule has 0 saturated carbocycles. The molecule has 0 bridgehead atoms. The van der Waals surface area contributed by atoms with Crippen molar-refractivity contribution in [3.8, 4) is 0 Å². The van der Waals surface area contributed by atoms with Crippen LogP contribution in [0.4, 0.5) is 0 Å². The molecule has 1 aromatic carbocycles. The van der Waals surface area contributed by atoms with E-state index in [0.717, 1.165) is 32.6 Å². The molecule has 1 fully saturated rings. The maximum atomic E-state index is 12.1. The minimum atomic E-state index is -0.0403. The molecule has 1 atom stereocenters. The van der Waals surface area contributed by atoms with E-state index in [1.54, 1.807) is 24.0 Å². The predicted octanol–water partition coefficient (Wildman–Crippen LogP) is 1.67. The van der Waals surface area contributed by atoms with Crippen LogP contribution in [0.15, 0.2) is 42.6 Å². The number of nitrogens with zero attached hydrogens (tertiary/aromatic N) is 3. The number of rotatable bonds is 5. The van der Waals surface area contributed by atoms with Gasteiger partial charge in [0.15, 0.2) is 0 Å². The second-order valence-electron chi connectivity index (χ2n) is 5.93. The average Bonchev–Trinajstić information content (AvgIpc) is 3.15. The zero-order valence-corrected chi connectivity index (χ0v) is 12.9. The quantitative estimate of drug-likeness (QED) is 0.913. The zero-order valence-electron chi connectivity index (χ0n) is 12.9. The summed E-state index contributed by atoms with van der Waals surface area (Å²) in [6.07, 6.45) is 2.78. The van der Waals surface area contributed by atoms with E-state index < -0.39 is 0 Å². The summed E-state index contributed by atoms with van der Waals surface area (Å²) in [6, 6.07) is 12.3. The van der Waals surface area contributed by atoms with Crippen LogP contribution in [-0.4, -0.2) is 40.2 Å². The van der Waals surface area contributed by atoms with Crippen LogP contribution in [0.2, 0.25) is 0 Å². The summed E-state index contributed by atoms with van der Waals surface area (Å²) in [6.45, 7) is 3.87. The molecule has 3 rings (SSSR count). The molecule has 1 unspecified atom stereocenters. The summed E-state index contributed by atoms with van der Waals surface area (Å²) in [5.41, 5.74) is 1.96. The summed E-state index contributed by atoms with van der Waals surface area (Å²) in [7, 11) is 1.78. The number of carbonyl (C=O) groups excluding carboxylic acids is 1. The minimum absolute atomic E-state index is 0.0403. The lowest BCUT2D eigenvalue weighted by Gasteiger charge is -2.16. The Labute approximate surface area is 130 Å². The smallest absolute Gasteiger partial charge is 0.269 e. The predicted molar refractivity (Wildman–Crippen MR) is 85.4 cm³/mol. The van der Waals surface area contributed by atoms with Crippen molar-refractivity contribution in [2.24, 2.45) is 13.0 Å². The lowest BCUT2D eigenvalue weighted by atomic mass is 10.1. The third-order valence-corrected chi connectivity index (χ3v) is 4.22. The number of hydrogen-bond acceptors (Lipinski definition) is 3. The topological polar surface area (TPSA) is 50.2 Å². The van der Waals surface area contributed by atoms with Gasteiger partial charge in [0.25, 0.3) is 5.91 Å². The van der Waals surface area contributed by atoms with Crippen molar-refractivity contribution >= 4 is 5.91 Å². The number of aromatic nitrogens is 2. The maximum absolute atomic E-state index is 12.1. The second kappa shape index (κ2) is 6.75. The molecular weight excluding hydrogens is 276 g/mol. The van der Waals surface area contributed by atoms with Crippen molar-refractivity contribution in [3.63, 3.8) is 0 Å². The first kappa shape index (κ1) is 14.8. The molecule has 1 saturated heterocycles. The number of nitrogens with one attached hydrogen (secondary N) is 1. The van der Waals surface area contributed by atoms with Crippen LogP contribution in [0, 0.1) is 5.92 Å². The molecule has 1 aliphatic rings. The summed E-state index contributed by atoms with van der Waals surface area (Å²) < 4.78 is 1.60. The van der Waals surface area contributed by atoms with Gasteiger partial charge in [-0.3, -0.25) is 14.4 Å². The molecule has 1 N–H and O–H groups in total. The van der Waals surface area contributed by atoms with Crippen molar-refractivity contribution in [2.75, 3.05) is 19.6 Å². The van der Waals surface area contributed by atoms with E-state index in [1.165, 1.54) is 5.56 Å². The lowest BCUT2D eigenvalue weighted by Crippen LogP contribution is -2.32. The normalized spacial score (nSPS) is 18.5. The number of aryl methyl sites for hydroxylation is 1. The Bertz CT molecular complexity index is 623. The van der Waals surface area contributed by atoms with Gasteiger partial charge in [0.05, 0.1) is 0 Å². The van der Waals surface area contributed by atoms with Crippen molar-refractivity contribution in [3.05, 3.63) is 53.9 Å². The van der Waals surface area contributed by atoms with Crippen molar-refractivity contribution < 1.29 is 4.79 Å². The summed E-state index contributed by atoms with van der Waals surface area (Å²) in [4.78, 5) is 14.5. The molecule has 5 heteroatoms. The zero-order chi connectivity index (χ0) is 15.4. The Hall–Kier alpha value is -2.14. The standard InChI is InChI=1S/C17H22N4O/c1-20-16(7-9-19-20)17(22)18-11-15-8-10-21(13-15)12-14-5-3-2-4-6-14/h2-7,9,15H,8,10-13H2,1H3,(H,18,22). The summed E-state index contributed by atoms with van der Waals surface area (Å²) in [5.74, 6) is 0.488. The van der Waals surface area contributed by atoms with E-state index in [2.05, 4.69) is 39.6 Å². The fraction of sp³-hybridized carbons (Fsp3) is 0.412. The number of amides is 1. The molecule has 1 aliphatic heterocycles.